The van der Waals surface area contributed by atoms with Gasteiger partial charge in [-0.15, -0.1) is 0 Å². The lowest BCUT2D eigenvalue weighted by Crippen LogP contribution is -2.18. The van der Waals surface area contributed by atoms with E-state index in [9.17, 15) is 9.59 Å². The van der Waals surface area contributed by atoms with Crippen LogP contribution in [0.3, 0.4) is 0 Å². The molecule has 0 amide bonds. The molecule has 0 aromatic carbocycles. The molecule has 1 unspecified atom stereocenters. The Hall–Kier alpha value is -1.32. The number of carbonyl (C=O) groups excluding carboxylic acids is 1. The smallest absolute Gasteiger partial charge is 0.306 e. The molecule has 0 fully saturated rings. The molecule has 1 atom stereocenters. The van der Waals surface area contributed by atoms with E-state index in [2.05, 4.69) is 26.0 Å². The second-order valence-corrected chi connectivity index (χ2v) is 13.5. The Balaban J connectivity index is 3.89. The summed E-state index contributed by atoms with van der Waals surface area (Å²) in [5, 5.41) is 8.73. The van der Waals surface area contributed by atoms with Gasteiger partial charge < -0.3 is 9.84 Å². The fraction of sp³-hybridized carbons (Fsp3) is 0.900. The maximum absolute atomic E-state index is 12.6. The molecule has 0 saturated carbocycles. The number of hydrogen-bond donors (Lipinski definition) is 1. The van der Waals surface area contributed by atoms with Crippen molar-refractivity contribution in [1.82, 2.24) is 0 Å². The summed E-state index contributed by atoms with van der Waals surface area (Å²) in [6.45, 7) is 4.53. The zero-order valence-electron chi connectivity index (χ0n) is 29.7. The lowest BCUT2D eigenvalue weighted by molar-refractivity contribution is -0.150. The minimum Gasteiger partial charge on any atom is -0.481 e. The van der Waals surface area contributed by atoms with Crippen LogP contribution in [-0.4, -0.2) is 23.1 Å². The van der Waals surface area contributed by atoms with Gasteiger partial charge in [-0.05, 0) is 64.2 Å². The number of esters is 1. The van der Waals surface area contributed by atoms with E-state index in [1.165, 1.54) is 148 Å². The number of ether oxygens (including phenoxy) is 1. The fourth-order valence-electron chi connectivity index (χ4n) is 6.06. The number of aliphatic carboxylic acids is 1. The third-order valence-electron chi connectivity index (χ3n) is 8.99. The Morgan fingerprint density at radius 1 is 0.477 bits per heavy atom. The van der Waals surface area contributed by atoms with Crippen LogP contribution in [0.4, 0.5) is 0 Å². The van der Waals surface area contributed by atoms with Crippen molar-refractivity contribution in [3.63, 3.8) is 0 Å². The summed E-state index contributed by atoms with van der Waals surface area (Å²) in [6, 6.07) is 0. The molecular weight excluding hydrogens is 544 g/mol. The van der Waals surface area contributed by atoms with E-state index < -0.39 is 5.97 Å². The van der Waals surface area contributed by atoms with Crippen LogP contribution in [-0.2, 0) is 14.3 Å². The highest BCUT2D eigenvalue weighted by Crippen LogP contribution is 2.19. The second kappa shape index (κ2) is 36.2. The molecule has 0 heterocycles. The Bertz CT molecular complexity index is 629. The van der Waals surface area contributed by atoms with Crippen molar-refractivity contribution in [2.45, 2.75) is 232 Å². The zero-order valence-corrected chi connectivity index (χ0v) is 29.7. The molecule has 0 radical (unpaired) electrons. The van der Waals surface area contributed by atoms with Gasteiger partial charge in [-0.3, -0.25) is 9.59 Å². The first kappa shape index (κ1) is 42.7. The highest BCUT2D eigenvalue weighted by molar-refractivity contribution is 5.69. The van der Waals surface area contributed by atoms with Crippen molar-refractivity contribution in [2.75, 3.05) is 0 Å². The third kappa shape index (κ3) is 35.2. The van der Waals surface area contributed by atoms with Crippen molar-refractivity contribution in [2.24, 2.45) is 0 Å². The van der Waals surface area contributed by atoms with Crippen LogP contribution in [0.25, 0.3) is 0 Å². The number of carbonyl (C=O) groups is 2. The molecule has 0 saturated heterocycles. The molecule has 1 N–H and O–H groups in total. The zero-order chi connectivity index (χ0) is 32.2. The van der Waals surface area contributed by atoms with Crippen LogP contribution in [0, 0.1) is 0 Å². The summed E-state index contributed by atoms with van der Waals surface area (Å²) in [5.41, 5.74) is 0. The molecular formula is C40H76O4. The maximum Gasteiger partial charge on any atom is 0.306 e. The van der Waals surface area contributed by atoms with E-state index in [1.807, 2.05) is 0 Å². The number of carboxylic acids is 1. The van der Waals surface area contributed by atoms with E-state index in [0.717, 1.165) is 51.4 Å². The number of allylic oxidation sites excluding steroid dienone is 2. The Kier molecular flexibility index (Phi) is 35.1. The second-order valence-electron chi connectivity index (χ2n) is 13.5. The number of rotatable bonds is 36. The van der Waals surface area contributed by atoms with E-state index in [0.29, 0.717) is 12.8 Å². The number of unbranched alkanes of at least 4 members (excludes halogenated alkanes) is 25. The van der Waals surface area contributed by atoms with Crippen LogP contribution in [0.5, 0.6) is 0 Å². The average molecular weight is 621 g/mol. The van der Waals surface area contributed by atoms with Crippen LogP contribution in [0.1, 0.15) is 226 Å². The van der Waals surface area contributed by atoms with Gasteiger partial charge >= 0.3 is 11.9 Å². The lowest BCUT2D eigenvalue weighted by Gasteiger charge is -2.18. The van der Waals surface area contributed by atoms with E-state index in [4.69, 9.17) is 9.84 Å². The van der Waals surface area contributed by atoms with Crippen molar-refractivity contribution in [3.05, 3.63) is 12.2 Å². The van der Waals surface area contributed by atoms with Crippen molar-refractivity contribution in [3.8, 4) is 0 Å². The Morgan fingerprint density at radius 3 is 1.23 bits per heavy atom. The fourth-order valence-corrected chi connectivity index (χ4v) is 6.06. The van der Waals surface area contributed by atoms with Crippen LogP contribution in [0.15, 0.2) is 12.2 Å². The van der Waals surface area contributed by atoms with Gasteiger partial charge in [0, 0.05) is 12.8 Å². The molecule has 0 aliphatic heterocycles. The summed E-state index contributed by atoms with van der Waals surface area (Å²) < 4.78 is 6.01. The number of carboxylic acid groups (broad SMARTS) is 1. The monoisotopic (exact) mass is 621 g/mol. The van der Waals surface area contributed by atoms with E-state index >= 15 is 0 Å². The van der Waals surface area contributed by atoms with Crippen LogP contribution in [0.2, 0.25) is 0 Å². The molecule has 4 nitrogen and oxygen atoms in total. The standard InChI is InChI=1S/C40H76O4/c1-3-5-7-9-11-12-13-14-15-16-17-18-19-20-25-29-33-37-40(43)44-38(34-30-26-10-8-6-4-2)35-31-27-23-21-22-24-28-32-36-39(41)42/h14-15,38H,3-13,16-37H2,1-2H3,(H,41,42)/b15-14-. The van der Waals surface area contributed by atoms with Gasteiger partial charge in [-0.1, -0.05) is 161 Å². The molecule has 0 rings (SSSR count). The van der Waals surface area contributed by atoms with Gasteiger partial charge in [0.2, 0.25) is 0 Å². The molecule has 4 heteroatoms. The van der Waals surface area contributed by atoms with Gasteiger partial charge in [-0.2, -0.15) is 0 Å². The first-order valence-corrected chi connectivity index (χ1v) is 19.7. The largest absolute Gasteiger partial charge is 0.481 e. The van der Waals surface area contributed by atoms with Crippen LogP contribution < -0.4 is 0 Å². The van der Waals surface area contributed by atoms with Gasteiger partial charge in [0.15, 0.2) is 0 Å². The molecule has 0 bridgehead atoms. The van der Waals surface area contributed by atoms with Gasteiger partial charge in [0.05, 0.1) is 0 Å². The maximum atomic E-state index is 12.6. The van der Waals surface area contributed by atoms with Gasteiger partial charge in [-0.25, -0.2) is 0 Å². The first-order valence-electron chi connectivity index (χ1n) is 19.7. The average Bonchev–Trinajstić information content (AvgIpc) is 3.01. The van der Waals surface area contributed by atoms with Gasteiger partial charge in [0.25, 0.3) is 0 Å². The molecule has 0 aliphatic carbocycles. The Labute approximate surface area is 275 Å². The normalized spacial score (nSPS) is 12.2. The molecule has 0 spiro atoms. The van der Waals surface area contributed by atoms with E-state index in [1.54, 1.807) is 0 Å². The topological polar surface area (TPSA) is 63.6 Å². The SMILES string of the molecule is CCCCCCCC/C=C\CCCCCCCCCC(=O)OC(CCCCCCCC)CCCCCCCCCCC(=O)O. The minimum absolute atomic E-state index is 0.0232. The van der Waals surface area contributed by atoms with Crippen LogP contribution >= 0.6 is 0 Å². The number of hydrogen-bond acceptors (Lipinski definition) is 3. The highest BCUT2D eigenvalue weighted by atomic mass is 16.5. The minimum atomic E-state index is -0.681. The molecule has 0 aliphatic rings. The van der Waals surface area contributed by atoms with Crippen molar-refractivity contribution < 1.29 is 19.4 Å². The summed E-state index contributed by atoms with van der Waals surface area (Å²) in [7, 11) is 0. The predicted molar refractivity (Wildman–Crippen MR) is 190 cm³/mol. The van der Waals surface area contributed by atoms with Crippen molar-refractivity contribution in [1.29, 1.82) is 0 Å². The Morgan fingerprint density at radius 2 is 0.818 bits per heavy atom. The lowest BCUT2D eigenvalue weighted by atomic mass is 10.0. The summed E-state index contributed by atoms with van der Waals surface area (Å²) >= 11 is 0. The van der Waals surface area contributed by atoms with Gasteiger partial charge in [0.1, 0.15) is 6.10 Å². The summed E-state index contributed by atoms with van der Waals surface area (Å²) in [4.78, 5) is 23.2. The summed E-state index contributed by atoms with van der Waals surface area (Å²) in [6.07, 6.45) is 43.8. The third-order valence-corrected chi connectivity index (χ3v) is 8.99. The van der Waals surface area contributed by atoms with Crippen molar-refractivity contribution >= 4 is 11.9 Å². The summed E-state index contributed by atoms with van der Waals surface area (Å²) in [5.74, 6) is -0.658. The predicted octanol–water partition coefficient (Wildman–Crippen LogP) is 13.5. The highest BCUT2D eigenvalue weighted by Gasteiger charge is 2.14. The molecule has 0 aromatic rings. The quantitative estimate of drug-likeness (QED) is 0.0430. The molecule has 44 heavy (non-hydrogen) atoms. The van der Waals surface area contributed by atoms with E-state index in [-0.39, 0.29) is 12.1 Å². The first-order chi connectivity index (χ1) is 21.6. The molecule has 0 aromatic heterocycles. The molecule has 260 valence electrons.